The van der Waals surface area contributed by atoms with E-state index in [0.29, 0.717) is 24.5 Å². The van der Waals surface area contributed by atoms with Gasteiger partial charge in [0.05, 0.1) is 19.3 Å². The summed E-state index contributed by atoms with van der Waals surface area (Å²) in [6, 6.07) is 14.0. The first-order valence-corrected chi connectivity index (χ1v) is 9.38. The Kier molecular flexibility index (Phi) is 8.34. The van der Waals surface area contributed by atoms with E-state index < -0.39 is 6.10 Å². The molecule has 2 aromatic carbocycles. The van der Waals surface area contributed by atoms with E-state index in [1.165, 1.54) is 0 Å². The molecule has 0 fully saturated rings. The van der Waals surface area contributed by atoms with Crippen molar-refractivity contribution in [3.8, 4) is 11.5 Å². The summed E-state index contributed by atoms with van der Waals surface area (Å²) >= 11 is 0. The maximum Gasteiger partial charge on any atom is 0.338 e. The lowest BCUT2D eigenvalue weighted by atomic mass is 10.2. The van der Waals surface area contributed by atoms with Crippen LogP contribution >= 0.6 is 0 Å². The van der Waals surface area contributed by atoms with Gasteiger partial charge in [-0.3, -0.25) is 4.79 Å². The molecule has 0 saturated heterocycles. The molecule has 0 radical (unpaired) electrons. The van der Waals surface area contributed by atoms with Gasteiger partial charge in [-0.2, -0.15) is 0 Å². The highest BCUT2D eigenvalue weighted by molar-refractivity contribution is 5.89. The monoisotopic (exact) mass is 385 g/mol. The predicted molar refractivity (Wildman–Crippen MR) is 107 cm³/mol. The van der Waals surface area contributed by atoms with Gasteiger partial charge in [-0.15, -0.1) is 0 Å². The molecule has 0 saturated carbocycles. The molecule has 0 heterocycles. The number of nitrogens with one attached hydrogen (secondary N) is 1. The fourth-order valence-electron chi connectivity index (χ4n) is 2.40. The number of methoxy groups -OCH3 is 1. The lowest BCUT2D eigenvalue weighted by molar-refractivity contribution is -0.127. The van der Waals surface area contributed by atoms with Gasteiger partial charge in [-0.25, -0.2) is 4.79 Å². The second-order valence-corrected chi connectivity index (χ2v) is 6.34. The fraction of sp³-hybridized carbons (Fsp3) is 0.364. The molecule has 1 amide bonds. The molecule has 0 spiro atoms. The van der Waals surface area contributed by atoms with Crippen LogP contribution < -0.4 is 14.8 Å². The average Bonchev–Trinajstić information content (AvgIpc) is 2.73. The summed E-state index contributed by atoms with van der Waals surface area (Å²) in [5.74, 6) is 0.700. The highest BCUT2D eigenvalue weighted by atomic mass is 16.5. The maximum absolute atomic E-state index is 12.2. The van der Waals surface area contributed by atoms with Crippen LogP contribution in [-0.4, -0.2) is 31.7 Å². The Labute approximate surface area is 165 Å². The van der Waals surface area contributed by atoms with Gasteiger partial charge in [0.15, 0.2) is 6.10 Å². The number of esters is 1. The van der Waals surface area contributed by atoms with Crippen LogP contribution in [-0.2, 0) is 16.1 Å². The maximum atomic E-state index is 12.2. The normalized spacial score (nSPS) is 11.4. The number of amides is 1. The summed E-state index contributed by atoms with van der Waals surface area (Å²) in [5, 5.41) is 2.84. The number of benzene rings is 2. The quantitative estimate of drug-likeness (QED) is 0.498. The Bertz CT molecular complexity index is 756. The molecule has 2 rings (SSSR count). The topological polar surface area (TPSA) is 73.9 Å². The summed E-state index contributed by atoms with van der Waals surface area (Å²) in [6.07, 6.45) is 1.15. The SMILES string of the molecule is CCCCOC(=O)c1ccc(O[C@@H](C)C(=O)NCc2ccc(OC)cc2)cc1. The van der Waals surface area contributed by atoms with Crippen LogP contribution in [0.2, 0.25) is 0 Å². The standard InChI is InChI=1S/C22H27NO5/c1-4-5-14-27-22(25)18-8-12-20(13-9-18)28-16(2)21(24)23-15-17-6-10-19(26-3)11-7-17/h6-13,16H,4-5,14-15H2,1-3H3,(H,23,24)/t16-/m0/s1. The Morgan fingerprint density at radius 3 is 2.25 bits per heavy atom. The van der Waals surface area contributed by atoms with Crippen LogP contribution in [0.4, 0.5) is 0 Å². The number of ether oxygens (including phenoxy) is 3. The van der Waals surface area contributed by atoms with Crippen LogP contribution in [0, 0.1) is 0 Å². The second-order valence-electron chi connectivity index (χ2n) is 6.34. The minimum Gasteiger partial charge on any atom is -0.497 e. The number of carbonyl (C=O) groups is 2. The minimum absolute atomic E-state index is 0.223. The van der Waals surface area contributed by atoms with E-state index in [4.69, 9.17) is 14.2 Å². The highest BCUT2D eigenvalue weighted by Gasteiger charge is 2.15. The number of carbonyl (C=O) groups excluding carboxylic acids is 2. The third-order valence-corrected chi connectivity index (χ3v) is 4.13. The van der Waals surface area contributed by atoms with Crippen molar-refractivity contribution in [3.05, 3.63) is 59.7 Å². The predicted octanol–water partition coefficient (Wildman–Crippen LogP) is 3.74. The van der Waals surface area contributed by atoms with Gasteiger partial charge in [0.1, 0.15) is 11.5 Å². The summed E-state index contributed by atoms with van der Waals surface area (Å²) < 4.78 is 15.9. The zero-order valence-corrected chi connectivity index (χ0v) is 16.6. The Hall–Kier alpha value is -3.02. The zero-order valence-electron chi connectivity index (χ0n) is 16.6. The highest BCUT2D eigenvalue weighted by Crippen LogP contribution is 2.15. The first-order chi connectivity index (χ1) is 13.5. The lowest BCUT2D eigenvalue weighted by Gasteiger charge is -2.15. The van der Waals surface area contributed by atoms with Gasteiger partial charge < -0.3 is 19.5 Å². The van der Waals surface area contributed by atoms with Gasteiger partial charge in [0.25, 0.3) is 5.91 Å². The van der Waals surface area contributed by atoms with E-state index in [2.05, 4.69) is 5.32 Å². The lowest BCUT2D eigenvalue weighted by Crippen LogP contribution is -2.35. The summed E-state index contributed by atoms with van der Waals surface area (Å²) in [7, 11) is 1.61. The summed E-state index contributed by atoms with van der Waals surface area (Å²) in [6.45, 7) is 4.53. The molecule has 0 aliphatic rings. The van der Waals surface area contributed by atoms with Crippen LogP contribution in [0.15, 0.2) is 48.5 Å². The number of hydrogen-bond acceptors (Lipinski definition) is 5. The van der Waals surface area contributed by atoms with Crippen molar-refractivity contribution in [1.29, 1.82) is 0 Å². The molecule has 1 N–H and O–H groups in total. The van der Waals surface area contributed by atoms with Gasteiger partial charge in [0.2, 0.25) is 0 Å². The third-order valence-electron chi connectivity index (χ3n) is 4.13. The molecular formula is C22H27NO5. The summed E-state index contributed by atoms with van der Waals surface area (Å²) in [4.78, 5) is 24.1. The molecule has 0 unspecified atom stereocenters. The van der Waals surface area contributed by atoms with Crippen molar-refractivity contribution < 1.29 is 23.8 Å². The molecule has 6 nitrogen and oxygen atoms in total. The van der Waals surface area contributed by atoms with Crippen molar-refractivity contribution in [3.63, 3.8) is 0 Å². The Morgan fingerprint density at radius 1 is 1.00 bits per heavy atom. The van der Waals surface area contributed by atoms with E-state index in [1.54, 1.807) is 38.3 Å². The van der Waals surface area contributed by atoms with E-state index >= 15 is 0 Å². The molecule has 0 aromatic heterocycles. The number of unbranched alkanes of at least 4 members (excludes halogenated alkanes) is 1. The van der Waals surface area contributed by atoms with E-state index in [-0.39, 0.29) is 11.9 Å². The second kappa shape index (κ2) is 11.0. The van der Waals surface area contributed by atoms with Crippen molar-refractivity contribution >= 4 is 11.9 Å². The molecule has 28 heavy (non-hydrogen) atoms. The van der Waals surface area contributed by atoms with Gasteiger partial charge >= 0.3 is 5.97 Å². The average molecular weight is 385 g/mol. The Balaban J connectivity index is 1.81. The Morgan fingerprint density at radius 2 is 1.64 bits per heavy atom. The van der Waals surface area contributed by atoms with Gasteiger partial charge in [0, 0.05) is 6.54 Å². The van der Waals surface area contributed by atoms with Gasteiger partial charge in [-0.05, 0) is 55.3 Å². The minimum atomic E-state index is -0.666. The number of hydrogen-bond donors (Lipinski definition) is 1. The van der Waals surface area contributed by atoms with E-state index in [1.807, 2.05) is 31.2 Å². The van der Waals surface area contributed by atoms with Crippen LogP contribution in [0.25, 0.3) is 0 Å². The van der Waals surface area contributed by atoms with E-state index in [0.717, 1.165) is 24.2 Å². The molecule has 2 aromatic rings. The molecule has 0 bridgehead atoms. The third kappa shape index (κ3) is 6.61. The first kappa shape index (κ1) is 21.3. The zero-order chi connectivity index (χ0) is 20.4. The number of rotatable bonds is 10. The smallest absolute Gasteiger partial charge is 0.338 e. The van der Waals surface area contributed by atoms with Crippen molar-refractivity contribution in [2.75, 3.05) is 13.7 Å². The fourth-order valence-corrected chi connectivity index (χ4v) is 2.40. The summed E-state index contributed by atoms with van der Waals surface area (Å²) in [5.41, 5.74) is 1.42. The molecule has 6 heteroatoms. The van der Waals surface area contributed by atoms with Gasteiger partial charge in [-0.1, -0.05) is 25.5 Å². The molecule has 0 aliphatic heterocycles. The molecule has 1 atom stereocenters. The largest absolute Gasteiger partial charge is 0.497 e. The van der Waals surface area contributed by atoms with Crippen LogP contribution in [0.1, 0.15) is 42.6 Å². The first-order valence-electron chi connectivity index (χ1n) is 9.38. The van der Waals surface area contributed by atoms with E-state index in [9.17, 15) is 9.59 Å². The molecular weight excluding hydrogens is 358 g/mol. The van der Waals surface area contributed by atoms with Crippen molar-refractivity contribution in [1.82, 2.24) is 5.32 Å². The van der Waals surface area contributed by atoms with Crippen LogP contribution in [0.5, 0.6) is 11.5 Å². The van der Waals surface area contributed by atoms with Crippen LogP contribution in [0.3, 0.4) is 0 Å². The molecule has 150 valence electrons. The van der Waals surface area contributed by atoms with Crippen molar-refractivity contribution in [2.24, 2.45) is 0 Å². The van der Waals surface area contributed by atoms with Crippen molar-refractivity contribution in [2.45, 2.75) is 39.3 Å². The molecule has 0 aliphatic carbocycles.